The Labute approximate surface area is 168 Å². The molecule has 152 valence electrons. The summed E-state index contributed by atoms with van der Waals surface area (Å²) in [6, 6.07) is 15.6. The third-order valence-electron chi connectivity index (χ3n) is 4.38. The van der Waals surface area contributed by atoms with E-state index in [0.717, 1.165) is 12.2 Å². The van der Waals surface area contributed by atoms with Crippen LogP contribution >= 0.6 is 0 Å². The van der Waals surface area contributed by atoms with Gasteiger partial charge in [-0.25, -0.2) is 0 Å². The van der Waals surface area contributed by atoms with Crippen molar-refractivity contribution >= 4 is 5.69 Å². The van der Waals surface area contributed by atoms with Gasteiger partial charge in [0, 0.05) is 18.3 Å². The Morgan fingerprint density at radius 2 is 1.41 bits per heavy atom. The van der Waals surface area contributed by atoms with E-state index in [9.17, 15) is 0 Å². The fraction of sp³-hybridized carbons (Fsp3) is 0.520. The molecule has 2 heteroatoms. The molecule has 2 rings (SSSR count). The smallest absolute Gasteiger partial charge is 0.0317 e. The Morgan fingerprint density at radius 1 is 0.852 bits per heavy atom. The summed E-state index contributed by atoms with van der Waals surface area (Å²) < 4.78 is 0. The monoisotopic (exact) mass is 370 g/mol. The minimum Gasteiger partial charge on any atom is -0.399 e. The zero-order valence-corrected chi connectivity index (χ0v) is 18.7. The molecule has 2 aromatic rings. The summed E-state index contributed by atoms with van der Waals surface area (Å²) in [5.41, 5.74) is 11.7. The first-order chi connectivity index (χ1) is 13.1. The van der Waals surface area contributed by atoms with Gasteiger partial charge in [0.05, 0.1) is 0 Å². The molecule has 3 N–H and O–H groups in total. The summed E-state index contributed by atoms with van der Waals surface area (Å²) in [5.74, 6) is 0. The fourth-order valence-corrected chi connectivity index (χ4v) is 3.12. The van der Waals surface area contributed by atoms with Gasteiger partial charge in [-0.15, -0.1) is 0 Å². The van der Waals surface area contributed by atoms with Gasteiger partial charge < -0.3 is 11.1 Å². The SMILES string of the molecule is CC.CC.CCCC(CCC)NCc1ccc(-c2ccc(N)cc2C)cc1. The van der Waals surface area contributed by atoms with E-state index in [4.69, 9.17) is 5.73 Å². The van der Waals surface area contributed by atoms with Gasteiger partial charge in [-0.1, -0.05) is 84.7 Å². The minimum atomic E-state index is 0.643. The molecular formula is C25H42N2. The standard InChI is InChI=1S/C21H30N2.2C2H6/c1-4-6-20(7-5-2)23-15-17-8-10-18(11-9-17)21-13-12-19(22)14-16(21)3;2*1-2/h8-14,20,23H,4-7,15,22H2,1-3H3;2*1-2H3. The van der Waals surface area contributed by atoms with E-state index in [2.05, 4.69) is 56.4 Å². The third kappa shape index (κ3) is 9.10. The molecule has 0 heterocycles. The first-order valence-corrected chi connectivity index (χ1v) is 10.8. The van der Waals surface area contributed by atoms with Crippen LogP contribution in [0, 0.1) is 6.92 Å². The number of benzene rings is 2. The first-order valence-electron chi connectivity index (χ1n) is 10.8. The number of nitrogens with two attached hydrogens (primary N) is 1. The highest BCUT2D eigenvalue weighted by Crippen LogP contribution is 2.25. The highest BCUT2D eigenvalue weighted by molar-refractivity contribution is 5.69. The van der Waals surface area contributed by atoms with E-state index in [1.165, 1.54) is 47.9 Å². The van der Waals surface area contributed by atoms with Crippen LogP contribution in [-0.4, -0.2) is 6.04 Å². The number of nitrogens with one attached hydrogen (secondary N) is 1. The van der Waals surface area contributed by atoms with Crippen molar-refractivity contribution < 1.29 is 0 Å². The summed E-state index contributed by atoms with van der Waals surface area (Å²) in [5, 5.41) is 3.70. The first kappa shape index (κ1) is 25.2. The number of nitrogen functional groups attached to an aromatic ring is 1. The van der Waals surface area contributed by atoms with Crippen LogP contribution in [0.5, 0.6) is 0 Å². The molecule has 0 bridgehead atoms. The van der Waals surface area contributed by atoms with E-state index in [-0.39, 0.29) is 0 Å². The molecule has 0 saturated heterocycles. The molecule has 0 atom stereocenters. The molecule has 2 nitrogen and oxygen atoms in total. The Kier molecular flexibility index (Phi) is 14.3. The normalized spacial score (nSPS) is 9.93. The summed E-state index contributed by atoms with van der Waals surface area (Å²) in [6.45, 7) is 15.6. The van der Waals surface area contributed by atoms with E-state index < -0.39 is 0 Å². The van der Waals surface area contributed by atoms with E-state index in [1.54, 1.807) is 0 Å². The van der Waals surface area contributed by atoms with Gasteiger partial charge in [-0.3, -0.25) is 0 Å². The maximum absolute atomic E-state index is 5.84. The van der Waals surface area contributed by atoms with E-state index in [0.29, 0.717) is 6.04 Å². The van der Waals surface area contributed by atoms with Gasteiger partial charge in [-0.05, 0) is 54.2 Å². The molecule has 0 saturated carbocycles. The lowest BCUT2D eigenvalue weighted by atomic mass is 9.99. The van der Waals surface area contributed by atoms with Crippen molar-refractivity contribution in [3.63, 3.8) is 0 Å². The molecule has 0 aromatic heterocycles. The topological polar surface area (TPSA) is 38.0 Å². The average molecular weight is 371 g/mol. The lowest BCUT2D eigenvalue weighted by Crippen LogP contribution is -2.28. The van der Waals surface area contributed by atoms with Crippen molar-refractivity contribution in [3.8, 4) is 11.1 Å². The second-order valence-corrected chi connectivity index (χ2v) is 6.43. The van der Waals surface area contributed by atoms with Crippen LogP contribution in [0.2, 0.25) is 0 Å². The van der Waals surface area contributed by atoms with Crippen LogP contribution in [0.4, 0.5) is 5.69 Å². The minimum absolute atomic E-state index is 0.643. The Hall–Kier alpha value is -1.80. The molecule has 0 aliphatic carbocycles. The third-order valence-corrected chi connectivity index (χ3v) is 4.38. The summed E-state index contributed by atoms with van der Waals surface area (Å²) >= 11 is 0. The van der Waals surface area contributed by atoms with Crippen LogP contribution in [0.25, 0.3) is 11.1 Å². The fourth-order valence-electron chi connectivity index (χ4n) is 3.12. The van der Waals surface area contributed by atoms with Crippen LogP contribution < -0.4 is 11.1 Å². The Morgan fingerprint density at radius 3 is 1.89 bits per heavy atom. The van der Waals surface area contributed by atoms with Crippen LogP contribution in [-0.2, 0) is 6.54 Å². The van der Waals surface area contributed by atoms with E-state index >= 15 is 0 Å². The second-order valence-electron chi connectivity index (χ2n) is 6.43. The maximum Gasteiger partial charge on any atom is 0.0317 e. The van der Waals surface area contributed by atoms with Gasteiger partial charge in [0.25, 0.3) is 0 Å². The van der Waals surface area contributed by atoms with Crippen molar-refractivity contribution in [2.45, 2.75) is 86.7 Å². The highest BCUT2D eigenvalue weighted by Gasteiger charge is 2.06. The Bertz CT molecular complexity index is 596. The lowest BCUT2D eigenvalue weighted by molar-refractivity contribution is 0.443. The Balaban J connectivity index is 0.00000158. The molecule has 0 amide bonds. The molecule has 0 radical (unpaired) electrons. The second kappa shape index (κ2) is 15.3. The van der Waals surface area contributed by atoms with Crippen LogP contribution in [0.15, 0.2) is 42.5 Å². The number of hydrogen-bond acceptors (Lipinski definition) is 2. The average Bonchev–Trinajstić information content (AvgIpc) is 2.70. The van der Waals surface area contributed by atoms with Gasteiger partial charge in [0.1, 0.15) is 0 Å². The highest BCUT2D eigenvalue weighted by atomic mass is 14.9. The number of aryl methyl sites for hydroxylation is 1. The zero-order chi connectivity index (χ0) is 20.7. The molecule has 0 aliphatic heterocycles. The lowest BCUT2D eigenvalue weighted by Gasteiger charge is -2.17. The predicted octanol–water partition coefficient (Wildman–Crippen LogP) is 7.36. The number of hydrogen-bond donors (Lipinski definition) is 2. The van der Waals surface area contributed by atoms with Crippen molar-refractivity contribution in [1.82, 2.24) is 5.32 Å². The maximum atomic E-state index is 5.84. The molecule has 27 heavy (non-hydrogen) atoms. The largest absolute Gasteiger partial charge is 0.399 e. The quantitative estimate of drug-likeness (QED) is 0.476. The molecule has 0 fully saturated rings. The van der Waals surface area contributed by atoms with Crippen molar-refractivity contribution in [1.29, 1.82) is 0 Å². The van der Waals surface area contributed by atoms with Gasteiger partial charge in [0.2, 0.25) is 0 Å². The van der Waals surface area contributed by atoms with Crippen molar-refractivity contribution in [2.24, 2.45) is 0 Å². The number of anilines is 1. The van der Waals surface area contributed by atoms with E-state index in [1.807, 2.05) is 39.8 Å². The summed E-state index contributed by atoms with van der Waals surface area (Å²) in [6.07, 6.45) is 5.01. The van der Waals surface area contributed by atoms with Crippen molar-refractivity contribution in [3.05, 3.63) is 53.6 Å². The zero-order valence-electron chi connectivity index (χ0n) is 18.7. The van der Waals surface area contributed by atoms with Crippen molar-refractivity contribution in [2.75, 3.05) is 5.73 Å². The van der Waals surface area contributed by atoms with Gasteiger partial charge >= 0.3 is 0 Å². The van der Waals surface area contributed by atoms with Gasteiger partial charge in [-0.2, -0.15) is 0 Å². The summed E-state index contributed by atoms with van der Waals surface area (Å²) in [4.78, 5) is 0. The van der Waals surface area contributed by atoms with Crippen LogP contribution in [0.1, 0.15) is 78.4 Å². The predicted molar refractivity (Wildman–Crippen MR) is 124 cm³/mol. The summed E-state index contributed by atoms with van der Waals surface area (Å²) in [7, 11) is 0. The van der Waals surface area contributed by atoms with Crippen LogP contribution in [0.3, 0.4) is 0 Å². The molecule has 0 aliphatic rings. The molecule has 0 spiro atoms. The molecule has 2 aromatic carbocycles. The van der Waals surface area contributed by atoms with Gasteiger partial charge in [0.15, 0.2) is 0 Å². The number of rotatable bonds is 8. The molecule has 0 unspecified atom stereocenters. The molecular weight excluding hydrogens is 328 g/mol.